The molecular formula is C31H39N5O5S. The molecule has 0 radical (unpaired) electrons. The Balaban J connectivity index is 1.38. The highest BCUT2D eigenvalue weighted by Gasteiger charge is 2.33. The normalized spacial score (nSPS) is 17.5. The minimum absolute atomic E-state index is 0.150. The maximum Gasteiger partial charge on any atom is 0.410 e. The van der Waals surface area contributed by atoms with Crippen molar-refractivity contribution < 1.29 is 23.9 Å². The van der Waals surface area contributed by atoms with Gasteiger partial charge in [-0.3, -0.25) is 10.2 Å². The molecule has 1 fully saturated rings. The zero-order chi connectivity index (χ0) is 30.5. The van der Waals surface area contributed by atoms with E-state index in [1.54, 1.807) is 36.4 Å². The standard InChI is InChI=1S/C31H39N5O5S/c1-20(21-7-9-22(10-8-21)25-17-32-15-16-36(25)29(39)41-30(2,3)4)33-27(38)35-28-34-26(18-42-28)31(5,19-37)23-11-13-24(40-6)14-12-23/h7-14,18-20,25,32H,15-17H2,1-6H3,(H2,33,34,35,38). The molecule has 1 aromatic heterocycles. The molecule has 3 atom stereocenters. The molecular weight excluding hydrogens is 554 g/mol. The summed E-state index contributed by atoms with van der Waals surface area (Å²) in [5.74, 6) is 0.696. The highest BCUT2D eigenvalue weighted by atomic mass is 32.1. The van der Waals surface area contributed by atoms with Crippen molar-refractivity contribution in [2.45, 2.75) is 57.7 Å². The van der Waals surface area contributed by atoms with Gasteiger partial charge in [-0.15, -0.1) is 11.3 Å². The Bertz CT molecular complexity index is 1390. The van der Waals surface area contributed by atoms with Crippen molar-refractivity contribution in [1.82, 2.24) is 20.5 Å². The molecule has 10 nitrogen and oxygen atoms in total. The van der Waals surface area contributed by atoms with Gasteiger partial charge in [0.15, 0.2) is 5.13 Å². The molecule has 3 aromatic rings. The van der Waals surface area contributed by atoms with Gasteiger partial charge in [0, 0.05) is 25.0 Å². The Morgan fingerprint density at radius 3 is 2.43 bits per heavy atom. The van der Waals surface area contributed by atoms with Gasteiger partial charge in [-0.1, -0.05) is 36.4 Å². The number of nitrogens with zero attached hydrogens (tertiary/aromatic N) is 2. The van der Waals surface area contributed by atoms with Crippen LogP contribution in [0, 0.1) is 0 Å². The first-order chi connectivity index (χ1) is 19.9. The first-order valence-corrected chi connectivity index (χ1v) is 14.8. The molecule has 3 amide bonds. The molecule has 4 rings (SSSR count). The van der Waals surface area contributed by atoms with Crippen LogP contribution in [0.1, 0.15) is 69.1 Å². The first kappa shape index (κ1) is 31.0. The van der Waals surface area contributed by atoms with Gasteiger partial charge >= 0.3 is 12.1 Å². The van der Waals surface area contributed by atoms with Gasteiger partial charge < -0.3 is 24.9 Å². The van der Waals surface area contributed by atoms with Crippen molar-refractivity contribution in [1.29, 1.82) is 0 Å². The summed E-state index contributed by atoms with van der Waals surface area (Å²) in [4.78, 5) is 44.1. The molecule has 2 heterocycles. The van der Waals surface area contributed by atoms with Crippen molar-refractivity contribution in [3.63, 3.8) is 0 Å². The number of aromatic nitrogens is 1. The van der Waals surface area contributed by atoms with Gasteiger partial charge in [-0.25, -0.2) is 14.6 Å². The summed E-state index contributed by atoms with van der Waals surface area (Å²) in [7, 11) is 1.59. The Morgan fingerprint density at radius 1 is 1.12 bits per heavy atom. The zero-order valence-corrected chi connectivity index (χ0v) is 25.7. The Hall–Kier alpha value is -3.96. The van der Waals surface area contributed by atoms with Gasteiger partial charge in [0.1, 0.15) is 17.6 Å². The molecule has 2 aromatic carbocycles. The largest absolute Gasteiger partial charge is 0.497 e. The van der Waals surface area contributed by atoms with E-state index in [4.69, 9.17) is 9.47 Å². The second-order valence-corrected chi connectivity index (χ2v) is 12.3. The van der Waals surface area contributed by atoms with E-state index in [-0.39, 0.29) is 18.2 Å². The lowest BCUT2D eigenvalue weighted by Gasteiger charge is -2.37. The number of ether oxygens (including phenoxy) is 2. The maximum atomic E-state index is 12.8. The third kappa shape index (κ3) is 7.27. The van der Waals surface area contributed by atoms with Crippen molar-refractivity contribution in [3.05, 3.63) is 76.3 Å². The summed E-state index contributed by atoms with van der Waals surface area (Å²) in [6.07, 6.45) is 0.530. The highest BCUT2D eigenvalue weighted by molar-refractivity contribution is 7.14. The number of benzene rings is 2. The molecule has 3 unspecified atom stereocenters. The predicted octanol–water partition coefficient (Wildman–Crippen LogP) is 5.42. The van der Waals surface area contributed by atoms with Gasteiger partial charge in [0.05, 0.1) is 30.3 Å². The summed E-state index contributed by atoms with van der Waals surface area (Å²) in [5, 5.41) is 11.2. The molecule has 0 saturated carbocycles. The number of methoxy groups -OCH3 is 1. The third-order valence-corrected chi connectivity index (χ3v) is 7.98. The van der Waals surface area contributed by atoms with E-state index < -0.39 is 17.0 Å². The Kier molecular flexibility index (Phi) is 9.53. The highest BCUT2D eigenvalue weighted by Crippen LogP contribution is 2.33. The van der Waals surface area contributed by atoms with Crippen LogP contribution in [0.15, 0.2) is 53.9 Å². The Labute approximate surface area is 250 Å². The SMILES string of the molecule is COc1ccc(C(C)(C=O)c2csc(NC(=O)NC(C)c3ccc(C4CNCCN4C(=O)OC(C)(C)C)cc3)n2)cc1. The number of hydrogen-bond donors (Lipinski definition) is 3. The molecule has 1 aliphatic heterocycles. The molecule has 3 N–H and O–H groups in total. The lowest BCUT2D eigenvalue weighted by Crippen LogP contribution is -2.50. The van der Waals surface area contributed by atoms with Crippen LogP contribution in [-0.2, 0) is 14.9 Å². The third-order valence-electron chi connectivity index (χ3n) is 7.22. The van der Waals surface area contributed by atoms with Crippen LogP contribution in [0.5, 0.6) is 5.75 Å². The Morgan fingerprint density at radius 2 is 1.81 bits per heavy atom. The minimum atomic E-state index is -0.971. The average Bonchev–Trinajstić information content (AvgIpc) is 3.44. The fourth-order valence-electron chi connectivity index (χ4n) is 4.74. The number of anilines is 1. The van der Waals surface area contributed by atoms with Crippen LogP contribution in [-0.4, -0.2) is 60.6 Å². The number of nitrogens with one attached hydrogen (secondary N) is 3. The number of hydrogen-bond acceptors (Lipinski definition) is 8. The number of thiazole rings is 1. The van der Waals surface area contributed by atoms with Crippen LogP contribution in [0.3, 0.4) is 0 Å². The summed E-state index contributed by atoms with van der Waals surface area (Å²) in [6.45, 7) is 11.2. The first-order valence-electron chi connectivity index (χ1n) is 13.9. The molecule has 1 aliphatic rings. The van der Waals surface area contributed by atoms with E-state index in [0.29, 0.717) is 36.2 Å². The minimum Gasteiger partial charge on any atom is -0.497 e. The predicted molar refractivity (Wildman–Crippen MR) is 163 cm³/mol. The van der Waals surface area contributed by atoms with Crippen LogP contribution in [0.25, 0.3) is 0 Å². The summed E-state index contributed by atoms with van der Waals surface area (Å²) in [6, 6.07) is 14.3. The van der Waals surface area contributed by atoms with E-state index in [2.05, 4.69) is 20.9 Å². The summed E-state index contributed by atoms with van der Waals surface area (Å²) < 4.78 is 10.8. The van der Waals surface area contributed by atoms with Gasteiger partial charge in [-0.2, -0.15) is 0 Å². The lowest BCUT2D eigenvalue weighted by atomic mass is 9.81. The van der Waals surface area contributed by atoms with E-state index >= 15 is 0 Å². The number of carbonyl (C=O) groups is 3. The molecule has 11 heteroatoms. The van der Waals surface area contributed by atoms with Crippen molar-refractivity contribution in [3.8, 4) is 5.75 Å². The second kappa shape index (κ2) is 12.9. The second-order valence-electron chi connectivity index (χ2n) is 11.5. The molecule has 0 bridgehead atoms. The lowest BCUT2D eigenvalue weighted by molar-refractivity contribution is -0.111. The summed E-state index contributed by atoms with van der Waals surface area (Å²) in [5.41, 5.74) is 1.68. The number of amides is 3. The molecule has 0 aliphatic carbocycles. The monoisotopic (exact) mass is 593 g/mol. The van der Waals surface area contributed by atoms with Crippen LogP contribution in [0.2, 0.25) is 0 Å². The average molecular weight is 594 g/mol. The van der Waals surface area contributed by atoms with E-state index in [1.807, 2.05) is 64.1 Å². The summed E-state index contributed by atoms with van der Waals surface area (Å²) >= 11 is 1.25. The molecule has 1 saturated heterocycles. The van der Waals surface area contributed by atoms with Crippen molar-refractivity contribution in [2.24, 2.45) is 0 Å². The van der Waals surface area contributed by atoms with Crippen molar-refractivity contribution >= 4 is 34.9 Å². The number of aldehydes is 1. The maximum absolute atomic E-state index is 12.8. The van der Waals surface area contributed by atoms with Crippen LogP contribution >= 0.6 is 11.3 Å². The molecule has 42 heavy (non-hydrogen) atoms. The van der Waals surface area contributed by atoms with E-state index in [0.717, 1.165) is 23.0 Å². The van der Waals surface area contributed by atoms with Gasteiger partial charge in [-0.05, 0) is 63.4 Å². The quantitative estimate of drug-likeness (QED) is 0.298. The topological polar surface area (TPSA) is 122 Å². The number of urea groups is 1. The zero-order valence-electron chi connectivity index (χ0n) is 24.9. The number of rotatable bonds is 8. The smallest absolute Gasteiger partial charge is 0.410 e. The van der Waals surface area contributed by atoms with Gasteiger partial charge in [0.2, 0.25) is 0 Å². The van der Waals surface area contributed by atoms with E-state index in [1.165, 1.54) is 11.3 Å². The fourth-order valence-corrected chi connectivity index (χ4v) is 5.57. The van der Waals surface area contributed by atoms with Crippen LogP contribution in [0.4, 0.5) is 14.7 Å². The fraction of sp³-hybridized carbons (Fsp3) is 0.419. The van der Waals surface area contributed by atoms with Gasteiger partial charge in [0.25, 0.3) is 0 Å². The number of carbonyl (C=O) groups excluding carboxylic acids is 3. The van der Waals surface area contributed by atoms with Crippen LogP contribution < -0.4 is 20.7 Å². The molecule has 0 spiro atoms. The van der Waals surface area contributed by atoms with Crippen molar-refractivity contribution in [2.75, 3.05) is 32.1 Å². The number of piperazine rings is 1. The van der Waals surface area contributed by atoms with E-state index in [9.17, 15) is 14.4 Å². The molecule has 224 valence electrons.